The zero-order chi connectivity index (χ0) is 50.0. The summed E-state index contributed by atoms with van der Waals surface area (Å²) in [5.74, 6) is -1.04. The number of allylic oxidation sites excluding steroid dienone is 13. The minimum absolute atomic E-state index is 0.0971. The van der Waals surface area contributed by atoms with E-state index in [1.807, 2.05) is 6.08 Å². The van der Waals surface area contributed by atoms with Crippen LogP contribution in [0, 0.1) is 0 Å². The lowest BCUT2D eigenvalue weighted by Crippen LogP contribution is -2.30. The second kappa shape index (κ2) is 57.2. The predicted molar refractivity (Wildman–Crippen MR) is 297 cm³/mol. The van der Waals surface area contributed by atoms with Crippen LogP contribution in [0.2, 0.25) is 0 Å². The minimum Gasteiger partial charge on any atom is -0.462 e. The van der Waals surface area contributed by atoms with Gasteiger partial charge >= 0.3 is 17.9 Å². The molecule has 0 radical (unpaired) electrons. The summed E-state index contributed by atoms with van der Waals surface area (Å²) < 4.78 is 16.8. The maximum atomic E-state index is 12.8. The Hall–Kier alpha value is -3.41. The Labute approximate surface area is 426 Å². The molecule has 0 fully saturated rings. The van der Waals surface area contributed by atoms with Crippen molar-refractivity contribution < 1.29 is 28.6 Å². The summed E-state index contributed by atoms with van der Waals surface area (Å²) in [7, 11) is 0. The largest absolute Gasteiger partial charge is 0.462 e. The molecule has 0 spiro atoms. The topological polar surface area (TPSA) is 78.9 Å². The maximum Gasteiger partial charge on any atom is 0.310 e. The average molecular weight is 962 g/mol. The van der Waals surface area contributed by atoms with Gasteiger partial charge in [-0.25, -0.2) is 0 Å². The molecular weight excluding hydrogens is 853 g/mol. The quantitative estimate of drug-likeness (QED) is 0.0262. The lowest BCUT2D eigenvalue weighted by atomic mass is 10.0. The molecule has 396 valence electrons. The Morgan fingerprint density at radius 1 is 0.319 bits per heavy atom. The lowest BCUT2D eigenvalue weighted by molar-refractivity contribution is -0.166. The molecule has 0 heterocycles. The van der Waals surface area contributed by atoms with Crippen LogP contribution in [0.3, 0.4) is 0 Å². The van der Waals surface area contributed by atoms with Gasteiger partial charge in [-0.1, -0.05) is 266 Å². The Morgan fingerprint density at radius 2 is 0.609 bits per heavy atom. The predicted octanol–water partition coefficient (Wildman–Crippen LogP) is 19.5. The first-order valence-corrected chi connectivity index (χ1v) is 29.1. The number of ether oxygens (including phenoxy) is 3. The van der Waals surface area contributed by atoms with Crippen LogP contribution in [0.1, 0.15) is 278 Å². The molecule has 1 unspecified atom stereocenters. The van der Waals surface area contributed by atoms with E-state index in [4.69, 9.17) is 14.2 Å². The number of hydrogen-bond acceptors (Lipinski definition) is 6. The summed E-state index contributed by atoms with van der Waals surface area (Å²) in [5.41, 5.74) is 0. The third kappa shape index (κ3) is 55.4. The molecule has 0 aliphatic heterocycles. The Kier molecular flexibility index (Phi) is 54.3. The van der Waals surface area contributed by atoms with Gasteiger partial charge in [0.15, 0.2) is 6.10 Å². The van der Waals surface area contributed by atoms with Crippen LogP contribution in [-0.2, 0) is 28.6 Å². The molecule has 0 bridgehead atoms. The number of unbranched alkanes of at least 4 members (excludes halogenated alkanes) is 28. The van der Waals surface area contributed by atoms with Crippen molar-refractivity contribution in [3.05, 3.63) is 85.1 Å². The van der Waals surface area contributed by atoms with Crippen LogP contribution in [0.25, 0.3) is 0 Å². The number of carbonyl (C=O) groups excluding carboxylic acids is 3. The second-order valence-electron chi connectivity index (χ2n) is 19.2. The fraction of sp³-hybridized carbons (Fsp3) is 0.730. The number of carbonyl (C=O) groups is 3. The third-order valence-electron chi connectivity index (χ3n) is 12.4. The van der Waals surface area contributed by atoms with Gasteiger partial charge in [-0.05, 0) is 77.0 Å². The minimum atomic E-state index is -0.831. The van der Waals surface area contributed by atoms with Crippen molar-refractivity contribution in [2.75, 3.05) is 13.2 Å². The first kappa shape index (κ1) is 65.6. The molecule has 6 heteroatoms. The van der Waals surface area contributed by atoms with Gasteiger partial charge < -0.3 is 14.2 Å². The zero-order valence-electron chi connectivity index (χ0n) is 45.3. The highest BCUT2D eigenvalue weighted by Gasteiger charge is 2.19. The number of rotatable bonds is 52. The summed E-state index contributed by atoms with van der Waals surface area (Å²) in [6, 6.07) is 0. The zero-order valence-corrected chi connectivity index (χ0v) is 45.3. The molecule has 0 aliphatic rings. The molecule has 6 nitrogen and oxygen atoms in total. The fourth-order valence-corrected chi connectivity index (χ4v) is 8.08. The second-order valence-corrected chi connectivity index (χ2v) is 19.2. The van der Waals surface area contributed by atoms with Crippen molar-refractivity contribution in [3.8, 4) is 0 Å². The highest BCUT2D eigenvalue weighted by Crippen LogP contribution is 2.16. The van der Waals surface area contributed by atoms with Gasteiger partial charge in [-0.2, -0.15) is 0 Å². The van der Waals surface area contributed by atoms with Gasteiger partial charge in [-0.3, -0.25) is 14.4 Å². The Morgan fingerprint density at radius 3 is 0.957 bits per heavy atom. The summed E-state index contributed by atoms with van der Waals surface area (Å²) in [5, 5.41) is 0. The van der Waals surface area contributed by atoms with Crippen molar-refractivity contribution in [1.82, 2.24) is 0 Å². The first-order chi connectivity index (χ1) is 34.0. The fourth-order valence-electron chi connectivity index (χ4n) is 8.08. The SMILES string of the molecule is CC/C=C\C/C=C\C/C=C\C/C=C\C/C=C\CC(=O)OC(COC(=O)CCCCCCCCCCC/C=C\C/C=C\CCCCCCC)COC(=O)CCCCCCCCCCCCCCCCC. The molecule has 0 aliphatic carbocycles. The van der Waals surface area contributed by atoms with Gasteiger partial charge in [0.25, 0.3) is 0 Å². The summed E-state index contributed by atoms with van der Waals surface area (Å²) in [4.78, 5) is 38.1. The Balaban J connectivity index is 4.44. The normalized spacial score (nSPS) is 12.7. The van der Waals surface area contributed by atoms with Gasteiger partial charge in [0.05, 0.1) is 6.42 Å². The lowest BCUT2D eigenvalue weighted by Gasteiger charge is -2.18. The smallest absolute Gasteiger partial charge is 0.310 e. The van der Waals surface area contributed by atoms with Crippen molar-refractivity contribution in [3.63, 3.8) is 0 Å². The first-order valence-electron chi connectivity index (χ1n) is 29.1. The third-order valence-corrected chi connectivity index (χ3v) is 12.4. The summed E-state index contributed by atoms with van der Waals surface area (Å²) in [6.07, 6.45) is 74.6. The molecular formula is C63H108O6. The van der Waals surface area contributed by atoms with Crippen molar-refractivity contribution in [1.29, 1.82) is 0 Å². The number of esters is 3. The van der Waals surface area contributed by atoms with Crippen molar-refractivity contribution >= 4 is 17.9 Å². The molecule has 0 saturated carbocycles. The highest BCUT2D eigenvalue weighted by molar-refractivity contribution is 5.72. The van der Waals surface area contributed by atoms with Gasteiger partial charge in [-0.15, -0.1) is 0 Å². The molecule has 1 atom stereocenters. The molecule has 0 N–H and O–H groups in total. The summed E-state index contributed by atoms with van der Waals surface area (Å²) >= 11 is 0. The van der Waals surface area contributed by atoms with E-state index < -0.39 is 12.1 Å². The standard InChI is InChI=1S/C63H108O6/c1-4-7-10-13-16-19-22-25-28-29-30-31-32-33-36-38-41-44-47-50-53-56-62(65)68-59-60(69-63(66)57-54-51-48-45-42-39-35-27-24-21-18-15-12-9-6-3)58-67-61(64)55-52-49-46-43-40-37-34-26-23-20-17-14-11-8-5-2/h9,12,18,21-22,25,27,29-30,35,42,45,51,54,60H,4-8,10-11,13-17,19-20,23-24,26,28,31-34,36-41,43-44,46-50,52-53,55-59H2,1-3H3/b12-9-,21-18-,25-22-,30-29-,35-27-,45-42-,54-51-. The maximum absolute atomic E-state index is 12.8. The molecule has 69 heavy (non-hydrogen) atoms. The van der Waals surface area contributed by atoms with Crippen LogP contribution in [0.5, 0.6) is 0 Å². The van der Waals surface area contributed by atoms with E-state index in [2.05, 4.69) is 93.7 Å². The molecule has 0 saturated heterocycles. The molecule has 0 rings (SSSR count). The van der Waals surface area contributed by atoms with Crippen molar-refractivity contribution in [2.45, 2.75) is 284 Å². The van der Waals surface area contributed by atoms with E-state index in [-0.39, 0.29) is 31.6 Å². The van der Waals surface area contributed by atoms with Gasteiger partial charge in [0.1, 0.15) is 13.2 Å². The molecule has 0 aromatic rings. The molecule has 0 aromatic carbocycles. The van der Waals surface area contributed by atoms with Crippen LogP contribution < -0.4 is 0 Å². The van der Waals surface area contributed by atoms with E-state index >= 15 is 0 Å². The van der Waals surface area contributed by atoms with Gasteiger partial charge in [0, 0.05) is 12.8 Å². The molecule has 0 aromatic heterocycles. The van der Waals surface area contributed by atoms with Crippen LogP contribution in [0.4, 0.5) is 0 Å². The van der Waals surface area contributed by atoms with E-state index in [9.17, 15) is 14.4 Å². The van der Waals surface area contributed by atoms with E-state index in [0.29, 0.717) is 12.8 Å². The number of hydrogen-bond donors (Lipinski definition) is 0. The van der Waals surface area contributed by atoms with E-state index in [1.165, 1.54) is 161 Å². The summed E-state index contributed by atoms with van der Waals surface area (Å²) in [6.45, 7) is 6.45. The van der Waals surface area contributed by atoms with Crippen LogP contribution in [-0.4, -0.2) is 37.2 Å². The average Bonchev–Trinajstić information content (AvgIpc) is 3.35. The van der Waals surface area contributed by atoms with Gasteiger partial charge in [0.2, 0.25) is 0 Å². The van der Waals surface area contributed by atoms with Crippen LogP contribution >= 0.6 is 0 Å². The van der Waals surface area contributed by atoms with E-state index in [1.54, 1.807) is 6.08 Å². The highest BCUT2D eigenvalue weighted by atomic mass is 16.6. The van der Waals surface area contributed by atoms with E-state index in [0.717, 1.165) is 77.0 Å². The monoisotopic (exact) mass is 961 g/mol. The van der Waals surface area contributed by atoms with Crippen molar-refractivity contribution in [2.24, 2.45) is 0 Å². The molecule has 0 amide bonds. The Bertz CT molecular complexity index is 1330. The van der Waals surface area contributed by atoms with Crippen LogP contribution in [0.15, 0.2) is 85.1 Å².